The summed E-state index contributed by atoms with van der Waals surface area (Å²) in [6.45, 7) is 1.71. The van der Waals surface area contributed by atoms with Crippen LogP contribution in [0.5, 0.6) is 0 Å². The lowest BCUT2D eigenvalue weighted by Gasteiger charge is -2.48. The molecule has 0 aromatic carbocycles. The molecule has 0 aromatic heterocycles. The number of hydrogen-bond donors (Lipinski definition) is 12. The Morgan fingerprint density at radius 3 is 1.41 bits per heavy atom. The molecule has 3 heterocycles. The number of amides is 1. The summed E-state index contributed by atoms with van der Waals surface area (Å²) in [6, 6.07) is -0.884. The number of unbranched alkanes of at least 4 members (excludes halogenated alkanes) is 19. The summed E-state index contributed by atoms with van der Waals surface area (Å²) in [5.41, 5.74) is 0. The summed E-state index contributed by atoms with van der Waals surface area (Å²) in [7, 11) is 0. The molecule has 3 rings (SSSR count). The van der Waals surface area contributed by atoms with E-state index in [0.717, 1.165) is 64.2 Å². The number of aliphatic hydroxyl groups excluding tert-OH is 11. The van der Waals surface area contributed by atoms with Crippen LogP contribution in [0.2, 0.25) is 0 Å². The van der Waals surface area contributed by atoms with Crippen molar-refractivity contribution < 1.29 is 89.4 Å². The van der Waals surface area contributed by atoms with Crippen LogP contribution in [-0.2, 0) is 33.2 Å². The van der Waals surface area contributed by atoms with E-state index in [2.05, 4.69) is 31.3 Å². The van der Waals surface area contributed by atoms with Gasteiger partial charge in [-0.15, -0.1) is 0 Å². The normalized spacial score (nSPS) is 32.9. The molecule has 0 aromatic rings. The maximum absolute atomic E-state index is 13.2. The van der Waals surface area contributed by atoms with Crippen molar-refractivity contribution in [3.63, 3.8) is 0 Å². The number of hydrogen-bond acceptors (Lipinski definition) is 18. The Bertz CT molecular complexity index is 1330. The topological polar surface area (TPSA) is 307 Å². The van der Waals surface area contributed by atoms with Crippen LogP contribution in [0, 0.1) is 0 Å². The second kappa shape index (κ2) is 35.6. The van der Waals surface area contributed by atoms with Crippen LogP contribution >= 0.6 is 0 Å². The van der Waals surface area contributed by atoms with Gasteiger partial charge in [0.25, 0.3) is 0 Å². The molecule has 0 radical (unpaired) electrons. The summed E-state index contributed by atoms with van der Waals surface area (Å²) in [5, 5.41) is 120. The molecule has 19 heteroatoms. The fourth-order valence-corrected chi connectivity index (χ4v) is 9.13. The minimum Gasteiger partial charge on any atom is -0.394 e. The number of rotatable bonds is 37. The SMILES string of the molecule is CCCCCCCC/C=C\CCCCCCCC(=O)NC(COC1OC(CO)C(OC2OC(CO)C(OC3OC(CO)C(O)C(O)C3O)C(O)C2O)C(O)C1O)C(O)CCCCCCCCCCC. The van der Waals surface area contributed by atoms with E-state index in [4.69, 9.17) is 28.4 Å². The van der Waals surface area contributed by atoms with E-state index >= 15 is 0 Å². The first-order valence-corrected chi connectivity index (χ1v) is 26.4. The summed E-state index contributed by atoms with van der Waals surface area (Å²) >= 11 is 0. The second-order valence-electron chi connectivity index (χ2n) is 19.3. The van der Waals surface area contributed by atoms with Crippen LogP contribution in [-0.4, -0.2) is 193 Å². The van der Waals surface area contributed by atoms with Crippen LogP contribution in [0.15, 0.2) is 12.2 Å². The van der Waals surface area contributed by atoms with Crippen molar-refractivity contribution in [2.24, 2.45) is 0 Å². The third-order valence-corrected chi connectivity index (χ3v) is 13.6. The van der Waals surface area contributed by atoms with Crippen LogP contribution in [0.1, 0.15) is 168 Å². The second-order valence-corrected chi connectivity index (χ2v) is 19.3. The highest BCUT2D eigenvalue weighted by Gasteiger charge is 2.53. The minimum absolute atomic E-state index is 0.255. The van der Waals surface area contributed by atoms with Crippen molar-refractivity contribution >= 4 is 5.91 Å². The molecule has 17 atom stereocenters. The van der Waals surface area contributed by atoms with Gasteiger partial charge in [-0.2, -0.15) is 0 Å². The van der Waals surface area contributed by atoms with Crippen LogP contribution < -0.4 is 5.32 Å². The highest BCUT2D eigenvalue weighted by Crippen LogP contribution is 2.33. The molecule has 0 saturated carbocycles. The van der Waals surface area contributed by atoms with Gasteiger partial charge in [-0.25, -0.2) is 0 Å². The average Bonchev–Trinajstić information content (AvgIpc) is 3.34. The van der Waals surface area contributed by atoms with Crippen molar-refractivity contribution in [1.29, 1.82) is 0 Å². The van der Waals surface area contributed by atoms with E-state index < -0.39 is 124 Å². The van der Waals surface area contributed by atoms with Gasteiger partial charge < -0.3 is 89.9 Å². The molecule has 12 N–H and O–H groups in total. The molecule has 3 aliphatic rings. The van der Waals surface area contributed by atoms with Gasteiger partial charge in [-0.3, -0.25) is 4.79 Å². The average molecular weight is 996 g/mol. The fraction of sp³-hybridized carbons (Fsp3) is 0.940. The largest absolute Gasteiger partial charge is 0.394 e. The van der Waals surface area contributed by atoms with Crippen LogP contribution in [0.4, 0.5) is 0 Å². The molecule has 1 amide bonds. The summed E-state index contributed by atoms with van der Waals surface area (Å²) in [4.78, 5) is 13.2. The van der Waals surface area contributed by atoms with Crippen molar-refractivity contribution in [2.75, 3.05) is 26.4 Å². The zero-order valence-electron chi connectivity index (χ0n) is 41.5. The van der Waals surface area contributed by atoms with Crippen LogP contribution in [0.3, 0.4) is 0 Å². The summed E-state index contributed by atoms with van der Waals surface area (Å²) < 4.78 is 34.1. The highest BCUT2D eigenvalue weighted by molar-refractivity contribution is 5.76. The quantitative estimate of drug-likeness (QED) is 0.0314. The van der Waals surface area contributed by atoms with E-state index in [0.29, 0.717) is 12.8 Å². The van der Waals surface area contributed by atoms with Gasteiger partial charge in [0.05, 0.1) is 38.6 Å². The first-order valence-electron chi connectivity index (χ1n) is 26.4. The molecule has 3 saturated heterocycles. The molecular weight excluding hydrogens is 903 g/mol. The number of aliphatic hydroxyl groups is 11. The van der Waals surface area contributed by atoms with Crippen molar-refractivity contribution in [3.05, 3.63) is 12.2 Å². The maximum Gasteiger partial charge on any atom is 0.220 e. The Balaban J connectivity index is 1.53. The van der Waals surface area contributed by atoms with E-state index in [1.165, 1.54) is 70.6 Å². The smallest absolute Gasteiger partial charge is 0.220 e. The zero-order valence-corrected chi connectivity index (χ0v) is 41.5. The highest BCUT2D eigenvalue weighted by atomic mass is 16.8. The molecule has 3 aliphatic heterocycles. The lowest BCUT2D eigenvalue weighted by molar-refractivity contribution is -0.379. The molecule has 0 spiro atoms. The molecule has 69 heavy (non-hydrogen) atoms. The Labute approximate surface area is 410 Å². The van der Waals surface area contributed by atoms with Crippen LogP contribution in [0.25, 0.3) is 0 Å². The predicted octanol–water partition coefficient (Wildman–Crippen LogP) is 2.26. The van der Waals surface area contributed by atoms with Gasteiger partial charge in [0.15, 0.2) is 18.9 Å². The number of carbonyl (C=O) groups excluding carboxylic acids is 1. The molecule has 0 aliphatic carbocycles. The number of ether oxygens (including phenoxy) is 6. The van der Waals surface area contributed by atoms with E-state index in [1.54, 1.807) is 0 Å². The lowest BCUT2D eigenvalue weighted by atomic mass is 9.96. The Morgan fingerprint density at radius 1 is 0.507 bits per heavy atom. The van der Waals surface area contributed by atoms with Crippen molar-refractivity contribution in [2.45, 2.75) is 272 Å². The molecule has 17 unspecified atom stereocenters. The standard InChI is InChI=1S/C50H93NO18/c1-3-5-7-9-11-13-14-15-16-17-18-20-22-24-26-28-38(56)51-33(34(55)27-25-23-21-19-12-10-8-6-4-2)32-64-48-44(62)41(59)46(36(30-53)66-48)69-50-45(63)42(60)47(37(31-54)67-50)68-49-43(61)40(58)39(57)35(29-52)65-49/h15-16,33-37,39-50,52-55,57-63H,3-14,17-32H2,1-2H3,(H,51,56)/b16-15-. The Morgan fingerprint density at radius 2 is 0.913 bits per heavy atom. The van der Waals surface area contributed by atoms with Gasteiger partial charge in [-0.1, -0.05) is 135 Å². The Kier molecular flexibility index (Phi) is 31.9. The maximum atomic E-state index is 13.2. The minimum atomic E-state index is -1.97. The lowest BCUT2D eigenvalue weighted by Crippen LogP contribution is -2.66. The van der Waals surface area contributed by atoms with Gasteiger partial charge in [0.2, 0.25) is 5.91 Å². The van der Waals surface area contributed by atoms with Gasteiger partial charge >= 0.3 is 0 Å². The summed E-state index contributed by atoms with van der Waals surface area (Å²) in [6.07, 6.45) is 3.30. The summed E-state index contributed by atoms with van der Waals surface area (Å²) in [5.74, 6) is -0.255. The zero-order chi connectivity index (χ0) is 50.6. The first kappa shape index (κ1) is 61.8. The molecule has 0 bridgehead atoms. The van der Waals surface area contributed by atoms with E-state index in [9.17, 15) is 61.0 Å². The third-order valence-electron chi connectivity index (χ3n) is 13.6. The molecule has 406 valence electrons. The first-order chi connectivity index (χ1) is 33.3. The predicted molar refractivity (Wildman–Crippen MR) is 254 cm³/mol. The van der Waals surface area contributed by atoms with Gasteiger partial charge in [0, 0.05) is 6.42 Å². The number of allylic oxidation sites excluding steroid dienone is 2. The fourth-order valence-electron chi connectivity index (χ4n) is 9.13. The number of carbonyl (C=O) groups is 1. The van der Waals surface area contributed by atoms with E-state index in [1.807, 2.05) is 0 Å². The Hall–Kier alpha value is -1.47. The third kappa shape index (κ3) is 21.5. The van der Waals surface area contributed by atoms with Crippen molar-refractivity contribution in [1.82, 2.24) is 5.32 Å². The van der Waals surface area contributed by atoms with E-state index in [-0.39, 0.29) is 18.9 Å². The molecular formula is C50H93NO18. The molecule has 19 nitrogen and oxygen atoms in total. The number of nitrogens with one attached hydrogen (secondary N) is 1. The molecule has 3 fully saturated rings. The monoisotopic (exact) mass is 996 g/mol. The van der Waals surface area contributed by atoms with Gasteiger partial charge in [-0.05, 0) is 38.5 Å². The van der Waals surface area contributed by atoms with Gasteiger partial charge in [0.1, 0.15) is 73.2 Å². The van der Waals surface area contributed by atoms with Crippen molar-refractivity contribution in [3.8, 4) is 0 Å².